The molecule has 0 amide bonds. The Labute approximate surface area is 62.3 Å². The van der Waals surface area contributed by atoms with Gasteiger partial charge >= 0.3 is 5.69 Å². The molecule has 1 N–H and O–H groups in total. The van der Waals surface area contributed by atoms with E-state index in [1.54, 1.807) is 0 Å². The number of Topliss-reactive ketones (excluding diaryl/α,β-unsaturated/α-hetero) is 1. The van der Waals surface area contributed by atoms with Crippen molar-refractivity contribution < 1.29 is 4.79 Å². The summed E-state index contributed by atoms with van der Waals surface area (Å²) in [4.78, 5) is 27.7. The molecule has 0 unspecified atom stereocenters. The van der Waals surface area contributed by atoms with Gasteiger partial charge in [-0.15, -0.1) is 0 Å². The van der Waals surface area contributed by atoms with Gasteiger partial charge in [0.1, 0.15) is 0 Å². The van der Waals surface area contributed by atoms with E-state index in [9.17, 15) is 9.59 Å². The second-order valence-electron chi connectivity index (χ2n) is 2.50. The van der Waals surface area contributed by atoms with Crippen molar-refractivity contribution in [2.24, 2.45) is 0 Å². The number of aromatic amines is 1. The number of aryl methyl sites for hydroxylation is 1. The largest absolute Gasteiger partial charge is 0.345 e. The quantitative estimate of drug-likeness (QED) is 0.561. The van der Waals surface area contributed by atoms with Gasteiger partial charge < -0.3 is 4.98 Å². The molecule has 1 heterocycles. The van der Waals surface area contributed by atoms with Gasteiger partial charge in [-0.1, -0.05) is 0 Å². The summed E-state index contributed by atoms with van der Waals surface area (Å²) in [6, 6.07) is 0. The Morgan fingerprint density at radius 1 is 1.36 bits per heavy atom. The Morgan fingerprint density at radius 3 is 3.00 bits per heavy atom. The van der Waals surface area contributed by atoms with E-state index in [0.29, 0.717) is 18.4 Å². The van der Waals surface area contributed by atoms with Gasteiger partial charge in [0.2, 0.25) is 0 Å². The van der Waals surface area contributed by atoms with Gasteiger partial charge in [-0.2, -0.15) is 0 Å². The third-order valence-corrected chi connectivity index (χ3v) is 1.80. The summed E-state index contributed by atoms with van der Waals surface area (Å²) in [7, 11) is 0. The predicted octanol–water partition coefficient (Wildman–Crippen LogP) is -0.101. The maximum atomic E-state index is 11.0. The maximum absolute atomic E-state index is 11.0. The van der Waals surface area contributed by atoms with Gasteiger partial charge in [-0.05, 0) is 6.42 Å². The SMILES string of the molecule is O=C1CCc2[nH]c(=O)ncc21. The highest BCUT2D eigenvalue weighted by molar-refractivity contribution is 5.99. The van der Waals surface area contributed by atoms with Crippen molar-refractivity contribution >= 4 is 5.78 Å². The minimum Gasteiger partial charge on any atom is -0.309 e. The summed E-state index contributed by atoms with van der Waals surface area (Å²) in [5.74, 6) is 0.0729. The molecule has 1 aliphatic carbocycles. The Balaban J connectivity index is 2.68. The summed E-state index contributed by atoms with van der Waals surface area (Å²) < 4.78 is 0. The summed E-state index contributed by atoms with van der Waals surface area (Å²) >= 11 is 0. The van der Waals surface area contributed by atoms with Crippen LogP contribution in [-0.4, -0.2) is 15.8 Å². The van der Waals surface area contributed by atoms with Crippen LogP contribution in [0.1, 0.15) is 22.5 Å². The highest BCUT2D eigenvalue weighted by atomic mass is 16.1. The fourth-order valence-corrected chi connectivity index (χ4v) is 1.24. The molecule has 0 bridgehead atoms. The van der Waals surface area contributed by atoms with E-state index < -0.39 is 0 Å². The molecule has 4 nitrogen and oxygen atoms in total. The zero-order valence-corrected chi connectivity index (χ0v) is 5.76. The molecule has 0 atom stereocenters. The third-order valence-electron chi connectivity index (χ3n) is 1.80. The van der Waals surface area contributed by atoms with Crippen molar-refractivity contribution in [1.82, 2.24) is 9.97 Å². The van der Waals surface area contributed by atoms with Gasteiger partial charge in [0.05, 0.1) is 5.56 Å². The summed E-state index contributed by atoms with van der Waals surface area (Å²) in [5.41, 5.74) is 0.929. The molecule has 1 aliphatic rings. The van der Waals surface area contributed by atoms with Crippen LogP contribution in [0.3, 0.4) is 0 Å². The van der Waals surface area contributed by atoms with Crippen LogP contribution in [0, 0.1) is 0 Å². The van der Waals surface area contributed by atoms with E-state index in [-0.39, 0.29) is 11.5 Å². The van der Waals surface area contributed by atoms with Crippen LogP contribution in [0.2, 0.25) is 0 Å². The first-order valence-corrected chi connectivity index (χ1v) is 3.39. The fourth-order valence-electron chi connectivity index (χ4n) is 1.24. The van der Waals surface area contributed by atoms with Crippen LogP contribution in [0.5, 0.6) is 0 Å². The molecule has 0 spiro atoms. The van der Waals surface area contributed by atoms with E-state index in [1.165, 1.54) is 6.20 Å². The lowest BCUT2D eigenvalue weighted by molar-refractivity contribution is 0.0994. The smallest absolute Gasteiger partial charge is 0.309 e. The maximum Gasteiger partial charge on any atom is 0.345 e. The lowest BCUT2D eigenvalue weighted by Crippen LogP contribution is -2.12. The third kappa shape index (κ3) is 0.869. The first kappa shape index (κ1) is 6.27. The number of nitrogens with zero attached hydrogens (tertiary/aromatic N) is 1. The zero-order valence-electron chi connectivity index (χ0n) is 5.76. The van der Waals surface area contributed by atoms with Gasteiger partial charge in [0.25, 0.3) is 0 Å². The number of ketones is 1. The number of hydrogen-bond donors (Lipinski definition) is 1. The first-order valence-electron chi connectivity index (χ1n) is 3.39. The van der Waals surface area contributed by atoms with Crippen LogP contribution in [0.25, 0.3) is 0 Å². The standard InChI is InChI=1S/C7H6N2O2/c10-6-2-1-5-4(6)3-8-7(11)9-5/h3H,1-2H2,(H,8,9,11). The van der Waals surface area contributed by atoms with Crippen LogP contribution in [0.15, 0.2) is 11.0 Å². The van der Waals surface area contributed by atoms with Crippen molar-refractivity contribution in [1.29, 1.82) is 0 Å². The summed E-state index contributed by atoms with van der Waals surface area (Å²) in [6.07, 6.45) is 2.49. The Bertz CT molecular complexity index is 367. The van der Waals surface area contributed by atoms with E-state index in [0.717, 1.165) is 5.69 Å². The number of aromatic nitrogens is 2. The molecular weight excluding hydrogens is 144 g/mol. The second-order valence-corrected chi connectivity index (χ2v) is 2.50. The molecule has 0 saturated heterocycles. The number of rotatable bonds is 0. The van der Waals surface area contributed by atoms with Crippen LogP contribution in [-0.2, 0) is 6.42 Å². The average Bonchev–Trinajstić information content (AvgIpc) is 2.32. The summed E-state index contributed by atoms with van der Waals surface area (Å²) in [6.45, 7) is 0. The first-order chi connectivity index (χ1) is 5.27. The van der Waals surface area contributed by atoms with E-state index in [4.69, 9.17) is 0 Å². The van der Waals surface area contributed by atoms with Crippen molar-refractivity contribution in [2.75, 3.05) is 0 Å². The number of hydrogen-bond acceptors (Lipinski definition) is 3. The monoisotopic (exact) mass is 150 g/mol. The van der Waals surface area contributed by atoms with Gasteiger partial charge in [0, 0.05) is 18.3 Å². The molecule has 1 aromatic heterocycles. The lowest BCUT2D eigenvalue weighted by Gasteiger charge is -1.91. The zero-order chi connectivity index (χ0) is 7.84. The molecule has 0 aliphatic heterocycles. The van der Waals surface area contributed by atoms with E-state index in [1.807, 2.05) is 0 Å². The molecule has 0 saturated carbocycles. The molecule has 4 heteroatoms. The average molecular weight is 150 g/mol. The molecule has 56 valence electrons. The molecular formula is C7H6N2O2. The molecule has 11 heavy (non-hydrogen) atoms. The minimum atomic E-state index is -0.376. The van der Waals surface area contributed by atoms with Crippen molar-refractivity contribution in [2.45, 2.75) is 12.8 Å². The highest BCUT2D eigenvalue weighted by Crippen LogP contribution is 2.16. The predicted molar refractivity (Wildman–Crippen MR) is 37.5 cm³/mol. The number of nitrogens with one attached hydrogen (secondary N) is 1. The summed E-state index contributed by atoms with van der Waals surface area (Å²) in [5, 5.41) is 0. The number of carbonyl (C=O) groups excluding carboxylic acids is 1. The Hall–Kier alpha value is -1.45. The molecule has 0 fully saturated rings. The van der Waals surface area contributed by atoms with E-state index >= 15 is 0 Å². The van der Waals surface area contributed by atoms with Crippen molar-refractivity contribution in [3.8, 4) is 0 Å². The fraction of sp³-hybridized carbons (Fsp3) is 0.286. The van der Waals surface area contributed by atoms with E-state index in [2.05, 4.69) is 9.97 Å². The van der Waals surface area contributed by atoms with Gasteiger partial charge in [0.15, 0.2) is 5.78 Å². The van der Waals surface area contributed by atoms with Crippen molar-refractivity contribution in [3.63, 3.8) is 0 Å². The molecule has 1 aromatic rings. The molecule has 0 aromatic carbocycles. The topological polar surface area (TPSA) is 62.8 Å². The molecule has 2 rings (SSSR count). The van der Waals surface area contributed by atoms with Crippen LogP contribution in [0.4, 0.5) is 0 Å². The number of carbonyl (C=O) groups is 1. The molecule has 0 radical (unpaired) electrons. The van der Waals surface area contributed by atoms with Gasteiger partial charge in [-0.25, -0.2) is 9.78 Å². The van der Waals surface area contributed by atoms with Crippen LogP contribution < -0.4 is 5.69 Å². The van der Waals surface area contributed by atoms with Gasteiger partial charge in [-0.3, -0.25) is 4.79 Å². The lowest BCUT2D eigenvalue weighted by atomic mass is 10.2. The number of fused-ring (bicyclic) bond motifs is 1. The highest BCUT2D eigenvalue weighted by Gasteiger charge is 2.19. The number of H-pyrrole nitrogens is 1. The normalized spacial score (nSPS) is 15.1. The van der Waals surface area contributed by atoms with Crippen LogP contribution >= 0.6 is 0 Å². The Morgan fingerprint density at radius 2 is 2.18 bits per heavy atom. The minimum absolute atomic E-state index is 0.0729. The second kappa shape index (κ2) is 2.02. The Kier molecular flexibility index (Phi) is 1.15. The van der Waals surface area contributed by atoms with Crippen molar-refractivity contribution in [3.05, 3.63) is 27.9 Å².